The molecular weight excluding hydrogens is 196 g/mol. The Morgan fingerprint density at radius 3 is 2.33 bits per heavy atom. The molecule has 0 aromatic carbocycles. The highest BCUT2D eigenvalue weighted by Gasteiger charge is 2.34. The minimum Gasteiger partial charge on any atom is -0.277 e. The van der Waals surface area contributed by atoms with Gasteiger partial charge in [-0.2, -0.15) is 0 Å². The van der Waals surface area contributed by atoms with E-state index < -0.39 is 17.8 Å². The molecule has 1 atom stereocenters. The monoisotopic (exact) mass is 212 g/mol. The molecule has 1 saturated heterocycles. The van der Waals surface area contributed by atoms with Gasteiger partial charge in [0, 0.05) is 6.04 Å². The smallest absolute Gasteiger partial charge is 0.277 e. The topological polar surface area (TPSA) is 66.5 Å². The Morgan fingerprint density at radius 1 is 1.27 bits per heavy atom. The summed E-state index contributed by atoms with van der Waals surface area (Å²) in [6.45, 7) is 5.86. The van der Waals surface area contributed by atoms with Crippen molar-refractivity contribution in [3.8, 4) is 0 Å². The number of carbonyl (C=O) groups is 3. The number of barbiturate groups is 1. The number of amides is 4. The number of hydrogen-bond donors (Lipinski definition) is 1. The van der Waals surface area contributed by atoms with E-state index in [1.807, 2.05) is 20.8 Å². The number of rotatable bonds is 3. The molecule has 1 unspecified atom stereocenters. The molecule has 0 aliphatic carbocycles. The molecule has 0 spiro atoms. The molecule has 0 aromatic rings. The summed E-state index contributed by atoms with van der Waals surface area (Å²) < 4.78 is 0. The normalized spacial score (nSPS) is 19.5. The van der Waals surface area contributed by atoms with Crippen molar-refractivity contribution in [3.63, 3.8) is 0 Å². The van der Waals surface area contributed by atoms with Gasteiger partial charge in [0.25, 0.3) is 0 Å². The zero-order chi connectivity index (χ0) is 11.6. The zero-order valence-electron chi connectivity index (χ0n) is 9.24. The van der Waals surface area contributed by atoms with Crippen molar-refractivity contribution in [2.75, 3.05) is 0 Å². The number of hydrogen-bond acceptors (Lipinski definition) is 3. The SMILES string of the molecule is CC(C)CC(C)N1C(=O)CC(=O)NC1=O. The molecule has 4 amide bonds. The Kier molecular flexibility index (Phi) is 3.44. The first-order valence-corrected chi connectivity index (χ1v) is 5.07. The lowest BCUT2D eigenvalue weighted by Crippen LogP contribution is -2.56. The van der Waals surface area contributed by atoms with Crippen LogP contribution in [0.3, 0.4) is 0 Å². The Hall–Kier alpha value is -1.39. The van der Waals surface area contributed by atoms with Crippen LogP contribution in [-0.2, 0) is 9.59 Å². The molecule has 0 bridgehead atoms. The van der Waals surface area contributed by atoms with Crippen LogP contribution in [-0.4, -0.2) is 28.8 Å². The first kappa shape index (κ1) is 11.7. The summed E-state index contributed by atoms with van der Waals surface area (Å²) >= 11 is 0. The summed E-state index contributed by atoms with van der Waals surface area (Å²) in [6.07, 6.45) is 0.515. The minimum atomic E-state index is -0.593. The highest BCUT2D eigenvalue weighted by Crippen LogP contribution is 2.14. The van der Waals surface area contributed by atoms with Gasteiger partial charge in [0.1, 0.15) is 6.42 Å². The highest BCUT2D eigenvalue weighted by molar-refractivity contribution is 6.14. The average molecular weight is 212 g/mol. The van der Waals surface area contributed by atoms with Crippen LogP contribution in [0.25, 0.3) is 0 Å². The van der Waals surface area contributed by atoms with Crippen LogP contribution in [0, 0.1) is 5.92 Å². The largest absolute Gasteiger partial charge is 0.331 e. The van der Waals surface area contributed by atoms with Crippen LogP contribution in [0.15, 0.2) is 0 Å². The number of nitrogens with one attached hydrogen (secondary N) is 1. The first-order valence-electron chi connectivity index (χ1n) is 5.07. The standard InChI is InChI=1S/C10H16N2O3/c1-6(2)4-7(3)12-9(14)5-8(13)11-10(12)15/h6-7H,4-5H2,1-3H3,(H,11,13,15). The number of urea groups is 1. The first-order chi connectivity index (χ1) is 6.91. The van der Waals surface area contributed by atoms with Crippen molar-refractivity contribution in [3.05, 3.63) is 0 Å². The lowest BCUT2D eigenvalue weighted by atomic mass is 10.0. The van der Waals surface area contributed by atoms with Gasteiger partial charge in [0.15, 0.2) is 0 Å². The third-order valence-electron chi connectivity index (χ3n) is 2.30. The Balaban J connectivity index is 2.71. The predicted molar refractivity (Wildman–Crippen MR) is 53.9 cm³/mol. The number of carbonyl (C=O) groups excluding carboxylic acids is 3. The average Bonchev–Trinajstić information content (AvgIpc) is 1.99. The van der Waals surface area contributed by atoms with Crippen molar-refractivity contribution in [2.24, 2.45) is 5.92 Å². The van der Waals surface area contributed by atoms with E-state index in [0.29, 0.717) is 5.92 Å². The molecule has 0 radical (unpaired) electrons. The van der Waals surface area contributed by atoms with Crippen molar-refractivity contribution < 1.29 is 14.4 Å². The molecular formula is C10H16N2O3. The van der Waals surface area contributed by atoms with Gasteiger partial charge in [-0.15, -0.1) is 0 Å². The highest BCUT2D eigenvalue weighted by atomic mass is 16.2. The maximum atomic E-state index is 11.5. The third kappa shape index (κ3) is 2.78. The zero-order valence-corrected chi connectivity index (χ0v) is 9.24. The van der Waals surface area contributed by atoms with E-state index >= 15 is 0 Å². The quantitative estimate of drug-likeness (QED) is 0.706. The summed E-state index contributed by atoms with van der Waals surface area (Å²) in [7, 11) is 0. The van der Waals surface area contributed by atoms with Crippen LogP contribution >= 0.6 is 0 Å². The lowest BCUT2D eigenvalue weighted by molar-refractivity contribution is -0.137. The van der Waals surface area contributed by atoms with Gasteiger partial charge in [0.2, 0.25) is 11.8 Å². The van der Waals surface area contributed by atoms with E-state index in [9.17, 15) is 14.4 Å². The van der Waals surface area contributed by atoms with Gasteiger partial charge < -0.3 is 0 Å². The summed E-state index contributed by atoms with van der Waals surface area (Å²) in [5, 5.41) is 2.14. The van der Waals surface area contributed by atoms with Gasteiger partial charge in [-0.25, -0.2) is 4.79 Å². The molecule has 1 aliphatic heterocycles. The predicted octanol–water partition coefficient (Wildman–Crippen LogP) is 0.889. The van der Waals surface area contributed by atoms with E-state index in [-0.39, 0.29) is 12.5 Å². The molecule has 1 heterocycles. The van der Waals surface area contributed by atoms with E-state index in [1.54, 1.807) is 0 Å². The van der Waals surface area contributed by atoms with E-state index in [0.717, 1.165) is 11.3 Å². The Morgan fingerprint density at radius 2 is 1.87 bits per heavy atom. The molecule has 1 fully saturated rings. The summed E-state index contributed by atoms with van der Waals surface area (Å²) in [4.78, 5) is 34.9. The van der Waals surface area contributed by atoms with Gasteiger partial charge in [-0.1, -0.05) is 13.8 Å². The van der Waals surface area contributed by atoms with E-state index in [1.165, 1.54) is 0 Å². The number of imide groups is 2. The molecule has 15 heavy (non-hydrogen) atoms. The number of nitrogens with zero attached hydrogens (tertiary/aromatic N) is 1. The van der Waals surface area contributed by atoms with E-state index in [4.69, 9.17) is 0 Å². The molecule has 1 aliphatic rings. The molecule has 84 valence electrons. The fraction of sp³-hybridized carbons (Fsp3) is 0.700. The second-order valence-corrected chi connectivity index (χ2v) is 4.27. The van der Waals surface area contributed by atoms with Gasteiger partial charge in [0.05, 0.1) is 0 Å². The Bertz CT molecular complexity index is 279. The third-order valence-corrected chi connectivity index (χ3v) is 2.30. The van der Waals surface area contributed by atoms with Crippen molar-refractivity contribution >= 4 is 17.8 Å². The maximum absolute atomic E-state index is 11.5. The van der Waals surface area contributed by atoms with Crippen LogP contribution in [0.2, 0.25) is 0 Å². The van der Waals surface area contributed by atoms with Gasteiger partial charge >= 0.3 is 6.03 Å². The van der Waals surface area contributed by atoms with Crippen LogP contribution < -0.4 is 5.32 Å². The Labute approximate surface area is 88.8 Å². The molecule has 1 N–H and O–H groups in total. The van der Waals surface area contributed by atoms with Gasteiger partial charge in [-0.3, -0.25) is 19.8 Å². The molecule has 0 saturated carbocycles. The van der Waals surface area contributed by atoms with Gasteiger partial charge in [-0.05, 0) is 19.3 Å². The van der Waals surface area contributed by atoms with Crippen molar-refractivity contribution in [1.82, 2.24) is 10.2 Å². The van der Waals surface area contributed by atoms with Crippen molar-refractivity contribution in [1.29, 1.82) is 0 Å². The molecule has 1 rings (SSSR count). The van der Waals surface area contributed by atoms with Crippen LogP contribution in [0.4, 0.5) is 4.79 Å². The summed E-state index contributed by atoms with van der Waals surface area (Å²) in [5.41, 5.74) is 0. The lowest BCUT2D eigenvalue weighted by Gasteiger charge is -2.31. The fourth-order valence-electron chi connectivity index (χ4n) is 1.79. The van der Waals surface area contributed by atoms with E-state index in [2.05, 4.69) is 5.32 Å². The maximum Gasteiger partial charge on any atom is 0.331 e. The fourth-order valence-corrected chi connectivity index (χ4v) is 1.79. The second kappa shape index (κ2) is 4.42. The van der Waals surface area contributed by atoms with Crippen molar-refractivity contribution in [2.45, 2.75) is 39.7 Å². The molecule has 0 aromatic heterocycles. The van der Waals surface area contributed by atoms with Crippen LogP contribution in [0.5, 0.6) is 0 Å². The molecule has 5 nitrogen and oxygen atoms in total. The summed E-state index contributed by atoms with van der Waals surface area (Å²) in [5.74, 6) is -0.520. The molecule has 5 heteroatoms. The van der Waals surface area contributed by atoms with Crippen LogP contribution in [0.1, 0.15) is 33.6 Å². The second-order valence-electron chi connectivity index (χ2n) is 4.27. The minimum absolute atomic E-state index is 0.161. The summed E-state index contributed by atoms with van der Waals surface area (Å²) in [6, 6.07) is -0.755.